The van der Waals surface area contributed by atoms with Crippen molar-refractivity contribution < 1.29 is 19.6 Å². The number of nitrogens with one attached hydrogen (secondary N) is 1. The van der Waals surface area contributed by atoms with E-state index in [9.17, 15) is 14.9 Å². The SMILES string of the molecule is CC1(Nc2ccc([N+](=O)[O-])c(C(=O)O)c2)CCOCC1. The number of rotatable bonds is 4. The highest BCUT2D eigenvalue weighted by Gasteiger charge is 2.28. The van der Waals surface area contributed by atoms with Crippen molar-refractivity contribution in [3.05, 3.63) is 33.9 Å². The van der Waals surface area contributed by atoms with Crippen LogP contribution in [0.2, 0.25) is 0 Å². The van der Waals surface area contributed by atoms with Gasteiger partial charge in [0.05, 0.1) is 4.92 Å². The van der Waals surface area contributed by atoms with E-state index >= 15 is 0 Å². The summed E-state index contributed by atoms with van der Waals surface area (Å²) in [4.78, 5) is 21.2. The molecule has 108 valence electrons. The first-order valence-electron chi connectivity index (χ1n) is 6.29. The Bertz CT molecular complexity index is 538. The van der Waals surface area contributed by atoms with Gasteiger partial charge >= 0.3 is 5.97 Å². The lowest BCUT2D eigenvalue weighted by Gasteiger charge is -2.35. The fourth-order valence-electron chi connectivity index (χ4n) is 2.24. The van der Waals surface area contributed by atoms with Gasteiger partial charge in [-0.05, 0) is 31.9 Å². The van der Waals surface area contributed by atoms with E-state index in [0.717, 1.165) is 12.8 Å². The van der Waals surface area contributed by atoms with E-state index in [2.05, 4.69) is 5.32 Å². The van der Waals surface area contributed by atoms with Crippen LogP contribution < -0.4 is 5.32 Å². The predicted octanol–water partition coefficient (Wildman–Crippen LogP) is 2.27. The molecule has 1 saturated heterocycles. The van der Waals surface area contributed by atoms with Crippen LogP contribution in [0.15, 0.2) is 18.2 Å². The lowest BCUT2D eigenvalue weighted by atomic mass is 9.92. The van der Waals surface area contributed by atoms with Crippen molar-refractivity contribution in [2.75, 3.05) is 18.5 Å². The van der Waals surface area contributed by atoms with E-state index in [1.165, 1.54) is 18.2 Å². The maximum absolute atomic E-state index is 11.1. The number of carboxylic acids is 1. The highest BCUT2D eigenvalue weighted by molar-refractivity contribution is 5.93. The molecule has 0 bridgehead atoms. The molecule has 1 aliphatic rings. The van der Waals surface area contributed by atoms with E-state index in [1.54, 1.807) is 0 Å². The molecule has 1 aromatic carbocycles. The zero-order valence-electron chi connectivity index (χ0n) is 11.1. The number of aromatic carboxylic acids is 1. The minimum Gasteiger partial charge on any atom is -0.477 e. The van der Waals surface area contributed by atoms with Crippen molar-refractivity contribution in [2.45, 2.75) is 25.3 Å². The third-order valence-corrected chi connectivity index (χ3v) is 3.47. The summed E-state index contributed by atoms with van der Waals surface area (Å²) < 4.78 is 5.29. The van der Waals surface area contributed by atoms with Crippen molar-refractivity contribution in [3.63, 3.8) is 0 Å². The minimum atomic E-state index is -1.31. The number of carboxylic acid groups (broad SMARTS) is 1. The fraction of sp³-hybridized carbons (Fsp3) is 0.462. The topological polar surface area (TPSA) is 102 Å². The zero-order chi connectivity index (χ0) is 14.8. The summed E-state index contributed by atoms with van der Waals surface area (Å²) in [6.45, 7) is 3.31. The van der Waals surface area contributed by atoms with E-state index in [0.29, 0.717) is 18.9 Å². The summed E-state index contributed by atoms with van der Waals surface area (Å²) in [6, 6.07) is 4.06. The largest absolute Gasteiger partial charge is 0.477 e. The van der Waals surface area contributed by atoms with Crippen LogP contribution in [0, 0.1) is 10.1 Å². The van der Waals surface area contributed by atoms with Crippen molar-refractivity contribution >= 4 is 17.3 Å². The Hall–Kier alpha value is -2.15. The molecule has 0 aliphatic carbocycles. The molecule has 20 heavy (non-hydrogen) atoms. The zero-order valence-corrected chi connectivity index (χ0v) is 11.1. The Labute approximate surface area is 115 Å². The van der Waals surface area contributed by atoms with Gasteiger partial charge in [0.25, 0.3) is 5.69 Å². The van der Waals surface area contributed by atoms with Crippen molar-refractivity contribution in [2.24, 2.45) is 0 Å². The standard InChI is InChI=1S/C13H16N2O5/c1-13(4-6-20-7-5-13)14-9-2-3-11(15(18)19)10(8-9)12(16)17/h2-3,8,14H,4-7H2,1H3,(H,16,17). The molecule has 1 fully saturated rings. The van der Waals surface area contributed by atoms with Crippen LogP contribution in [0.5, 0.6) is 0 Å². The normalized spacial score (nSPS) is 17.4. The summed E-state index contributed by atoms with van der Waals surface area (Å²) in [5.41, 5.74) is -0.335. The Morgan fingerprint density at radius 1 is 1.45 bits per heavy atom. The molecule has 0 aromatic heterocycles. The first kappa shape index (κ1) is 14.3. The summed E-state index contributed by atoms with van der Waals surface area (Å²) >= 11 is 0. The molecule has 1 heterocycles. The number of ether oxygens (including phenoxy) is 1. The van der Waals surface area contributed by atoms with Gasteiger partial charge < -0.3 is 15.2 Å². The number of anilines is 1. The second kappa shape index (κ2) is 5.46. The van der Waals surface area contributed by atoms with Crippen LogP contribution in [0.3, 0.4) is 0 Å². The summed E-state index contributed by atoms with van der Waals surface area (Å²) in [5, 5.41) is 23.1. The van der Waals surface area contributed by atoms with Gasteiger partial charge in [0.15, 0.2) is 0 Å². The van der Waals surface area contributed by atoms with Gasteiger partial charge in [-0.3, -0.25) is 10.1 Å². The molecular weight excluding hydrogens is 264 g/mol. The average Bonchev–Trinajstić information content (AvgIpc) is 2.38. The number of hydrogen-bond acceptors (Lipinski definition) is 5. The molecular formula is C13H16N2O5. The maximum Gasteiger partial charge on any atom is 0.342 e. The summed E-state index contributed by atoms with van der Waals surface area (Å²) in [5.74, 6) is -1.31. The number of nitro groups is 1. The highest BCUT2D eigenvalue weighted by Crippen LogP contribution is 2.28. The molecule has 0 radical (unpaired) electrons. The van der Waals surface area contributed by atoms with Gasteiger partial charge in [0.2, 0.25) is 0 Å². The molecule has 0 atom stereocenters. The number of hydrogen-bond donors (Lipinski definition) is 2. The van der Waals surface area contributed by atoms with Crippen LogP contribution >= 0.6 is 0 Å². The molecule has 0 amide bonds. The number of benzene rings is 1. The summed E-state index contributed by atoms with van der Waals surface area (Å²) in [7, 11) is 0. The summed E-state index contributed by atoms with van der Waals surface area (Å²) in [6.07, 6.45) is 1.60. The molecule has 1 aromatic rings. The fourth-order valence-corrected chi connectivity index (χ4v) is 2.24. The maximum atomic E-state index is 11.1. The molecule has 0 spiro atoms. The Morgan fingerprint density at radius 2 is 2.10 bits per heavy atom. The third-order valence-electron chi connectivity index (χ3n) is 3.47. The smallest absolute Gasteiger partial charge is 0.342 e. The first-order valence-corrected chi connectivity index (χ1v) is 6.29. The second-order valence-corrected chi connectivity index (χ2v) is 5.09. The minimum absolute atomic E-state index is 0.190. The molecule has 1 aliphatic heterocycles. The van der Waals surface area contributed by atoms with E-state index in [-0.39, 0.29) is 11.1 Å². The number of carbonyl (C=O) groups is 1. The van der Waals surface area contributed by atoms with Gasteiger partial charge in [-0.15, -0.1) is 0 Å². The van der Waals surface area contributed by atoms with E-state index in [1.807, 2.05) is 6.92 Å². The van der Waals surface area contributed by atoms with Crippen molar-refractivity contribution in [1.29, 1.82) is 0 Å². The lowest BCUT2D eigenvalue weighted by Crippen LogP contribution is -2.40. The van der Waals surface area contributed by atoms with Gasteiger partial charge in [-0.1, -0.05) is 0 Å². The van der Waals surface area contributed by atoms with E-state index < -0.39 is 16.6 Å². The Morgan fingerprint density at radius 3 is 2.65 bits per heavy atom. The molecule has 2 N–H and O–H groups in total. The van der Waals surface area contributed by atoms with Gasteiger partial charge in [-0.2, -0.15) is 0 Å². The molecule has 7 heteroatoms. The molecule has 0 unspecified atom stereocenters. The van der Waals surface area contributed by atoms with E-state index in [4.69, 9.17) is 9.84 Å². The van der Waals surface area contributed by atoms with Crippen LogP contribution in [0.25, 0.3) is 0 Å². The molecule has 7 nitrogen and oxygen atoms in total. The highest BCUT2D eigenvalue weighted by atomic mass is 16.6. The Kier molecular flexibility index (Phi) is 3.89. The average molecular weight is 280 g/mol. The van der Waals surface area contributed by atoms with Crippen LogP contribution in [0.4, 0.5) is 11.4 Å². The van der Waals surface area contributed by atoms with Crippen LogP contribution in [-0.2, 0) is 4.74 Å². The quantitative estimate of drug-likeness (QED) is 0.648. The third kappa shape index (κ3) is 3.05. The van der Waals surface area contributed by atoms with Crippen LogP contribution in [-0.4, -0.2) is 34.8 Å². The first-order chi connectivity index (χ1) is 9.41. The lowest BCUT2D eigenvalue weighted by molar-refractivity contribution is -0.385. The molecule has 0 saturated carbocycles. The Balaban J connectivity index is 2.27. The van der Waals surface area contributed by atoms with Crippen molar-refractivity contribution in [3.8, 4) is 0 Å². The predicted molar refractivity (Wildman–Crippen MR) is 72.1 cm³/mol. The van der Waals surface area contributed by atoms with Gasteiger partial charge in [-0.25, -0.2) is 4.79 Å². The van der Waals surface area contributed by atoms with Crippen LogP contribution in [0.1, 0.15) is 30.1 Å². The number of nitrogens with zero attached hydrogens (tertiary/aromatic N) is 1. The van der Waals surface area contributed by atoms with Gasteiger partial charge in [0, 0.05) is 30.5 Å². The monoisotopic (exact) mass is 280 g/mol. The number of nitro benzene ring substituents is 1. The molecule has 2 rings (SSSR count). The van der Waals surface area contributed by atoms with Crippen molar-refractivity contribution in [1.82, 2.24) is 0 Å². The van der Waals surface area contributed by atoms with Gasteiger partial charge in [0.1, 0.15) is 5.56 Å². The second-order valence-electron chi connectivity index (χ2n) is 5.09.